The molecule has 0 amide bonds. The van der Waals surface area contributed by atoms with Crippen LogP contribution in [0.4, 0.5) is 14.7 Å². The van der Waals surface area contributed by atoms with E-state index in [1.165, 1.54) is 23.8 Å². The summed E-state index contributed by atoms with van der Waals surface area (Å²) < 4.78 is 33.7. The summed E-state index contributed by atoms with van der Waals surface area (Å²) in [6.07, 6.45) is 0.673. The predicted octanol–water partition coefficient (Wildman–Crippen LogP) is 3.31. The van der Waals surface area contributed by atoms with Crippen molar-refractivity contribution in [2.75, 3.05) is 11.9 Å². The molecule has 154 valence electrons. The average molecular weight is 404 g/mol. The van der Waals surface area contributed by atoms with Gasteiger partial charge in [-0.15, -0.1) is 0 Å². The first-order valence-corrected chi connectivity index (χ1v) is 9.20. The molecule has 0 unspecified atom stereocenters. The number of rotatable bonds is 7. The third-order valence-corrected chi connectivity index (χ3v) is 4.02. The molecule has 1 atom stereocenters. The van der Waals surface area contributed by atoms with Crippen molar-refractivity contribution < 1.29 is 18.6 Å². The van der Waals surface area contributed by atoms with Crippen LogP contribution in [0.25, 0.3) is 11.0 Å². The molecule has 2 N–H and O–H groups in total. The molecule has 29 heavy (non-hydrogen) atoms. The SMILES string of the molecule is CC(C)CNc1ncc2cc(Oc3ccc(F)cc3F)c(=O)n(C[C@@H](C)O)c2n1. The summed E-state index contributed by atoms with van der Waals surface area (Å²) in [5.74, 6) is -1.44. The van der Waals surface area contributed by atoms with Crippen LogP contribution < -0.4 is 15.6 Å². The van der Waals surface area contributed by atoms with E-state index in [0.717, 1.165) is 12.1 Å². The minimum atomic E-state index is -0.934. The highest BCUT2D eigenvalue weighted by Crippen LogP contribution is 2.25. The number of hydrogen-bond acceptors (Lipinski definition) is 6. The maximum Gasteiger partial charge on any atom is 0.295 e. The Morgan fingerprint density at radius 1 is 1.21 bits per heavy atom. The fourth-order valence-corrected chi connectivity index (χ4v) is 2.70. The van der Waals surface area contributed by atoms with Crippen LogP contribution in [0, 0.1) is 17.6 Å². The van der Waals surface area contributed by atoms with E-state index in [1.54, 1.807) is 0 Å². The Labute approximate surface area is 166 Å². The second-order valence-corrected chi connectivity index (χ2v) is 7.20. The number of hydrogen-bond donors (Lipinski definition) is 2. The van der Waals surface area contributed by atoms with Crippen LogP contribution in [0.5, 0.6) is 11.5 Å². The molecule has 2 heterocycles. The van der Waals surface area contributed by atoms with E-state index in [0.29, 0.717) is 35.5 Å². The van der Waals surface area contributed by atoms with Gasteiger partial charge in [0.25, 0.3) is 5.56 Å². The highest BCUT2D eigenvalue weighted by Gasteiger charge is 2.16. The summed E-state index contributed by atoms with van der Waals surface area (Å²) in [4.78, 5) is 21.5. The normalized spacial score (nSPS) is 12.4. The molecule has 0 aliphatic carbocycles. The van der Waals surface area contributed by atoms with Gasteiger partial charge in [0.2, 0.25) is 5.95 Å². The lowest BCUT2D eigenvalue weighted by atomic mass is 10.2. The lowest BCUT2D eigenvalue weighted by Crippen LogP contribution is -2.27. The van der Waals surface area contributed by atoms with E-state index >= 15 is 0 Å². The second-order valence-electron chi connectivity index (χ2n) is 7.20. The Balaban J connectivity index is 2.08. The molecular formula is C20H22F2N4O3. The molecule has 0 aliphatic rings. The Morgan fingerprint density at radius 2 is 1.97 bits per heavy atom. The number of ether oxygens (including phenoxy) is 1. The van der Waals surface area contributed by atoms with Gasteiger partial charge in [0.15, 0.2) is 17.3 Å². The number of benzene rings is 1. The van der Waals surface area contributed by atoms with Gasteiger partial charge in [0.1, 0.15) is 11.5 Å². The molecule has 0 bridgehead atoms. The number of aromatic nitrogens is 3. The number of aliphatic hydroxyl groups excluding tert-OH is 1. The molecular weight excluding hydrogens is 382 g/mol. The maximum atomic E-state index is 13.9. The smallest absolute Gasteiger partial charge is 0.295 e. The summed E-state index contributed by atoms with van der Waals surface area (Å²) >= 11 is 0. The Kier molecular flexibility index (Phi) is 6.07. The molecule has 2 aromatic heterocycles. The van der Waals surface area contributed by atoms with Crippen molar-refractivity contribution in [1.82, 2.24) is 14.5 Å². The lowest BCUT2D eigenvalue weighted by Gasteiger charge is -2.15. The topological polar surface area (TPSA) is 89.3 Å². The molecule has 7 nitrogen and oxygen atoms in total. The van der Waals surface area contributed by atoms with E-state index in [9.17, 15) is 18.7 Å². The first kappa shape index (κ1) is 20.7. The summed E-state index contributed by atoms with van der Waals surface area (Å²) in [5, 5.41) is 13.4. The van der Waals surface area contributed by atoms with Crippen LogP contribution in [-0.4, -0.2) is 32.3 Å². The van der Waals surface area contributed by atoms with E-state index in [4.69, 9.17) is 4.74 Å². The Hall–Kier alpha value is -3.07. The van der Waals surface area contributed by atoms with Gasteiger partial charge in [-0.2, -0.15) is 4.98 Å². The lowest BCUT2D eigenvalue weighted by molar-refractivity contribution is 0.173. The third-order valence-electron chi connectivity index (χ3n) is 4.02. The number of pyridine rings is 1. The van der Waals surface area contributed by atoms with Gasteiger partial charge in [0.05, 0.1) is 12.6 Å². The van der Waals surface area contributed by atoms with Crippen molar-refractivity contribution in [1.29, 1.82) is 0 Å². The third kappa shape index (κ3) is 4.86. The van der Waals surface area contributed by atoms with Gasteiger partial charge in [-0.3, -0.25) is 9.36 Å². The highest BCUT2D eigenvalue weighted by atomic mass is 19.1. The predicted molar refractivity (Wildman–Crippen MR) is 105 cm³/mol. The molecule has 0 spiro atoms. The van der Waals surface area contributed by atoms with E-state index in [-0.39, 0.29) is 18.0 Å². The van der Waals surface area contributed by atoms with Crippen LogP contribution >= 0.6 is 0 Å². The first-order valence-electron chi connectivity index (χ1n) is 9.20. The largest absolute Gasteiger partial charge is 0.448 e. The van der Waals surface area contributed by atoms with Crippen LogP contribution in [0.3, 0.4) is 0 Å². The fourth-order valence-electron chi connectivity index (χ4n) is 2.70. The molecule has 0 saturated carbocycles. The summed E-state index contributed by atoms with van der Waals surface area (Å²) in [6.45, 7) is 6.21. The molecule has 9 heteroatoms. The van der Waals surface area contributed by atoms with Gasteiger partial charge < -0.3 is 15.2 Å². The van der Waals surface area contributed by atoms with Crippen molar-refractivity contribution in [2.45, 2.75) is 33.4 Å². The standard InChI is InChI=1S/C20H22F2N4O3/c1-11(2)8-23-20-24-9-13-6-17(29-16-5-4-14(21)7-15(16)22)19(28)26(10-12(3)27)18(13)25-20/h4-7,9,11-12,27H,8,10H2,1-3H3,(H,23,24,25)/t12-/m1/s1. The zero-order chi connectivity index (χ0) is 21.1. The fraction of sp³-hybridized carbons (Fsp3) is 0.350. The zero-order valence-electron chi connectivity index (χ0n) is 16.3. The average Bonchev–Trinajstić information content (AvgIpc) is 2.65. The number of nitrogens with zero attached hydrogens (tertiary/aromatic N) is 3. The van der Waals surface area contributed by atoms with Crippen molar-refractivity contribution in [2.24, 2.45) is 5.92 Å². The maximum absolute atomic E-state index is 13.9. The molecule has 1 aromatic carbocycles. The second kappa shape index (κ2) is 8.52. The Bertz CT molecular complexity index is 1080. The van der Waals surface area contributed by atoms with Crippen LogP contribution in [0.2, 0.25) is 0 Å². The van der Waals surface area contributed by atoms with Gasteiger partial charge in [-0.25, -0.2) is 13.8 Å². The summed E-state index contributed by atoms with van der Waals surface area (Å²) in [7, 11) is 0. The van der Waals surface area contributed by atoms with Crippen LogP contribution in [-0.2, 0) is 6.54 Å². The van der Waals surface area contributed by atoms with E-state index < -0.39 is 23.3 Å². The molecule has 3 rings (SSSR count). The number of halogens is 2. The summed E-state index contributed by atoms with van der Waals surface area (Å²) in [6, 6.07) is 4.19. The number of nitrogens with one attached hydrogen (secondary N) is 1. The van der Waals surface area contributed by atoms with E-state index in [1.807, 2.05) is 13.8 Å². The molecule has 0 fully saturated rings. The first-order chi connectivity index (χ1) is 13.7. The van der Waals surface area contributed by atoms with Crippen LogP contribution in [0.1, 0.15) is 20.8 Å². The molecule has 0 aliphatic heterocycles. The van der Waals surface area contributed by atoms with Crippen molar-refractivity contribution in [3.05, 3.63) is 52.5 Å². The monoisotopic (exact) mass is 404 g/mol. The molecule has 0 saturated heterocycles. The van der Waals surface area contributed by atoms with Gasteiger partial charge in [0, 0.05) is 24.2 Å². The number of fused-ring (bicyclic) bond motifs is 1. The van der Waals surface area contributed by atoms with Crippen molar-refractivity contribution in [3.63, 3.8) is 0 Å². The molecule has 0 radical (unpaired) electrons. The minimum absolute atomic E-state index is 0.0426. The van der Waals surface area contributed by atoms with Crippen molar-refractivity contribution in [3.8, 4) is 11.5 Å². The summed E-state index contributed by atoms with van der Waals surface area (Å²) in [5.41, 5.74) is -0.292. The van der Waals surface area contributed by atoms with Crippen LogP contribution in [0.15, 0.2) is 35.3 Å². The minimum Gasteiger partial charge on any atom is -0.448 e. The molecule has 3 aromatic rings. The van der Waals surface area contributed by atoms with E-state index in [2.05, 4.69) is 15.3 Å². The van der Waals surface area contributed by atoms with Gasteiger partial charge >= 0.3 is 0 Å². The van der Waals surface area contributed by atoms with Gasteiger partial charge in [-0.05, 0) is 31.0 Å². The Morgan fingerprint density at radius 3 is 2.62 bits per heavy atom. The van der Waals surface area contributed by atoms with Gasteiger partial charge in [-0.1, -0.05) is 13.8 Å². The number of aliphatic hydroxyl groups is 1. The van der Waals surface area contributed by atoms with Crippen molar-refractivity contribution >= 4 is 17.0 Å². The zero-order valence-corrected chi connectivity index (χ0v) is 16.3. The number of anilines is 1. The highest BCUT2D eigenvalue weighted by molar-refractivity contribution is 5.77. The quantitative estimate of drug-likeness (QED) is 0.628.